The van der Waals surface area contributed by atoms with Crippen molar-refractivity contribution in [3.05, 3.63) is 41.0 Å². The van der Waals surface area contributed by atoms with Crippen molar-refractivity contribution >= 4 is 11.0 Å². The number of aromatic hydroxyl groups is 1. The second-order valence-corrected chi connectivity index (χ2v) is 8.59. The number of fused-ring (bicyclic) bond motifs is 1. The van der Waals surface area contributed by atoms with Crippen molar-refractivity contribution in [1.82, 2.24) is 0 Å². The lowest BCUT2D eigenvalue weighted by atomic mass is 9.99. The number of unbranched alkanes of at least 4 members (excludes halogenated alkanes) is 6. The van der Waals surface area contributed by atoms with Crippen molar-refractivity contribution < 1.29 is 44.2 Å². The van der Waals surface area contributed by atoms with Crippen LogP contribution in [0, 0.1) is 0 Å². The number of hydrogen-bond acceptors (Lipinski definition) is 10. The van der Waals surface area contributed by atoms with Crippen LogP contribution in [0.25, 0.3) is 11.0 Å². The minimum atomic E-state index is -1.60. The first-order chi connectivity index (χ1) is 16.9. The highest BCUT2D eigenvalue weighted by atomic mass is 16.7. The van der Waals surface area contributed by atoms with Crippen LogP contribution < -0.4 is 15.1 Å². The molecule has 0 aliphatic carbocycles. The molecule has 0 spiro atoms. The van der Waals surface area contributed by atoms with Gasteiger partial charge >= 0.3 is 5.63 Å². The SMILES string of the molecule is CCCCCCCCC=COc1c(O)c2ccc(OC3O[C@H](CO)[C@@H](O)[C@H](O)[C@H]3O)cc2oc1=O. The summed E-state index contributed by atoms with van der Waals surface area (Å²) >= 11 is 0. The van der Waals surface area contributed by atoms with Crippen molar-refractivity contribution in [2.45, 2.75) is 82.6 Å². The van der Waals surface area contributed by atoms with Crippen LogP contribution in [0.1, 0.15) is 51.9 Å². The van der Waals surface area contributed by atoms with Gasteiger partial charge in [-0.2, -0.15) is 0 Å². The Morgan fingerprint density at radius 2 is 1.77 bits per heavy atom. The van der Waals surface area contributed by atoms with E-state index in [0.29, 0.717) is 0 Å². The van der Waals surface area contributed by atoms with E-state index in [9.17, 15) is 30.3 Å². The number of rotatable bonds is 12. The van der Waals surface area contributed by atoms with Gasteiger partial charge in [0.05, 0.1) is 18.3 Å². The Balaban J connectivity index is 1.65. The summed E-state index contributed by atoms with van der Waals surface area (Å²) in [6.45, 7) is 1.58. The van der Waals surface area contributed by atoms with E-state index in [-0.39, 0.29) is 28.2 Å². The van der Waals surface area contributed by atoms with Gasteiger partial charge in [0, 0.05) is 6.07 Å². The lowest BCUT2D eigenvalue weighted by Gasteiger charge is -2.39. The summed E-state index contributed by atoms with van der Waals surface area (Å²) < 4.78 is 21.4. The van der Waals surface area contributed by atoms with Crippen molar-refractivity contribution in [3.63, 3.8) is 0 Å². The smallest absolute Gasteiger partial charge is 0.383 e. The van der Waals surface area contributed by atoms with E-state index in [0.717, 1.165) is 19.3 Å². The number of aliphatic hydroxyl groups is 4. The van der Waals surface area contributed by atoms with E-state index in [1.165, 1.54) is 50.1 Å². The predicted molar refractivity (Wildman–Crippen MR) is 126 cm³/mol. The third-order valence-corrected chi connectivity index (χ3v) is 5.92. The zero-order valence-corrected chi connectivity index (χ0v) is 19.7. The summed E-state index contributed by atoms with van der Waals surface area (Å²) in [6, 6.07) is 4.16. The summed E-state index contributed by atoms with van der Waals surface area (Å²) in [7, 11) is 0. The highest BCUT2D eigenvalue weighted by Crippen LogP contribution is 2.34. The summed E-state index contributed by atoms with van der Waals surface area (Å²) in [5.41, 5.74) is -0.887. The topological polar surface area (TPSA) is 159 Å². The molecule has 1 aliphatic rings. The van der Waals surface area contributed by atoms with Crippen LogP contribution in [0.15, 0.2) is 39.7 Å². The van der Waals surface area contributed by atoms with E-state index in [1.54, 1.807) is 6.08 Å². The van der Waals surface area contributed by atoms with Gasteiger partial charge in [0.2, 0.25) is 6.29 Å². The van der Waals surface area contributed by atoms with Crippen LogP contribution in [0.2, 0.25) is 0 Å². The number of ether oxygens (including phenoxy) is 3. The normalized spacial score (nSPS) is 24.8. The molecular weight excluding hydrogens is 460 g/mol. The van der Waals surface area contributed by atoms with Crippen molar-refractivity contribution in [2.24, 2.45) is 0 Å². The molecule has 1 aromatic heterocycles. The van der Waals surface area contributed by atoms with Gasteiger partial charge in [-0.3, -0.25) is 0 Å². The van der Waals surface area contributed by atoms with Gasteiger partial charge in [0.1, 0.15) is 35.7 Å². The maximum absolute atomic E-state index is 12.4. The first kappa shape index (κ1) is 27.0. The Bertz CT molecular complexity index is 1030. The molecule has 0 amide bonds. The molecule has 5 atom stereocenters. The Morgan fingerprint density at radius 3 is 2.51 bits per heavy atom. The predicted octanol–water partition coefficient (Wildman–Crippen LogP) is 2.32. The lowest BCUT2D eigenvalue weighted by Crippen LogP contribution is -2.60. The van der Waals surface area contributed by atoms with Gasteiger partial charge in [-0.05, 0) is 31.1 Å². The number of benzene rings is 1. The van der Waals surface area contributed by atoms with Crippen LogP contribution in [0.3, 0.4) is 0 Å². The molecule has 1 unspecified atom stereocenters. The summed E-state index contributed by atoms with van der Waals surface area (Å²) in [6.07, 6.45) is 3.74. The Hall–Kier alpha value is -2.63. The van der Waals surface area contributed by atoms with Crippen molar-refractivity contribution in [2.75, 3.05) is 6.61 Å². The standard InChI is InChI=1S/C25H34O10/c1-2-3-4-5-6-7-8-9-12-32-23-19(27)16-11-10-15(13-17(16)34-24(23)31)33-25-22(30)21(29)20(28)18(14-26)35-25/h9-13,18,20-22,25-30H,2-8,14H2,1H3/t18-,20-,21+,22-,25?/m1/s1. The first-order valence-electron chi connectivity index (χ1n) is 12.0. The van der Waals surface area contributed by atoms with Gasteiger partial charge in [-0.25, -0.2) is 4.79 Å². The van der Waals surface area contributed by atoms with Crippen LogP contribution in [-0.2, 0) is 4.74 Å². The molecule has 194 valence electrons. The Morgan fingerprint density at radius 1 is 1.03 bits per heavy atom. The van der Waals surface area contributed by atoms with Gasteiger partial charge in [0.15, 0.2) is 5.75 Å². The molecule has 0 radical (unpaired) electrons. The maximum atomic E-state index is 12.4. The Labute approximate surface area is 203 Å². The molecule has 1 saturated heterocycles. The van der Waals surface area contributed by atoms with Gasteiger partial charge in [-0.15, -0.1) is 0 Å². The largest absolute Gasteiger partial charge is 0.504 e. The molecule has 5 N–H and O–H groups in total. The number of hydrogen-bond donors (Lipinski definition) is 5. The number of aliphatic hydroxyl groups excluding tert-OH is 4. The molecule has 1 fully saturated rings. The second kappa shape index (κ2) is 12.9. The van der Waals surface area contributed by atoms with Crippen molar-refractivity contribution in [3.8, 4) is 17.2 Å². The molecule has 2 aromatic rings. The minimum absolute atomic E-state index is 0.00185. The molecular formula is C25H34O10. The molecule has 35 heavy (non-hydrogen) atoms. The maximum Gasteiger partial charge on any atom is 0.383 e. The van der Waals surface area contributed by atoms with E-state index in [4.69, 9.17) is 18.6 Å². The lowest BCUT2D eigenvalue weighted by molar-refractivity contribution is -0.277. The summed E-state index contributed by atoms with van der Waals surface area (Å²) in [4.78, 5) is 12.4. The van der Waals surface area contributed by atoms with Crippen LogP contribution in [-0.4, -0.2) is 62.8 Å². The number of allylic oxidation sites excluding steroid dienone is 1. The Kier molecular flexibility index (Phi) is 9.93. The van der Waals surface area contributed by atoms with Gasteiger partial charge < -0.3 is 44.2 Å². The monoisotopic (exact) mass is 494 g/mol. The molecule has 10 nitrogen and oxygen atoms in total. The fraction of sp³-hybridized carbons (Fsp3) is 0.560. The van der Waals surface area contributed by atoms with Crippen LogP contribution >= 0.6 is 0 Å². The summed E-state index contributed by atoms with van der Waals surface area (Å²) in [5, 5.41) is 49.9. The third-order valence-electron chi connectivity index (χ3n) is 5.92. The van der Waals surface area contributed by atoms with Crippen molar-refractivity contribution in [1.29, 1.82) is 0 Å². The zero-order chi connectivity index (χ0) is 25.4. The fourth-order valence-electron chi connectivity index (χ4n) is 3.85. The van der Waals surface area contributed by atoms with Gasteiger partial charge in [-0.1, -0.05) is 39.0 Å². The first-order valence-corrected chi connectivity index (χ1v) is 12.0. The summed E-state index contributed by atoms with van der Waals surface area (Å²) in [5.74, 6) is -0.629. The highest BCUT2D eigenvalue weighted by Gasteiger charge is 2.44. The van der Waals surface area contributed by atoms with E-state index >= 15 is 0 Å². The molecule has 1 aromatic carbocycles. The highest BCUT2D eigenvalue weighted by molar-refractivity contribution is 5.86. The third kappa shape index (κ3) is 6.74. The van der Waals surface area contributed by atoms with E-state index in [2.05, 4.69) is 6.92 Å². The zero-order valence-electron chi connectivity index (χ0n) is 19.7. The van der Waals surface area contributed by atoms with Crippen LogP contribution in [0.4, 0.5) is 0 Å². The quantitative estimate of drug-likeness (QED) is 0.168. The second-order valence-electron chi connectivity index (χ2n) is 8.59. The van der Waals surface area contributed by atoms with Crippen LogP contribution in [0.5, 0.6) is 17.2 Å². The van der Waals surface area contributed by atoms with E-state index in [1.807, 2.05) is 0 Å². The average Bonchev–Trinajstić information content (AvgIpc) is 2.84. The van der Waals surface area contributed by atoms with Gasteiger partial charge in [0.25, 0.3) is 5.75 Å². The molecule has 0 bridgehead atoms. The molecule has 0 saturated carbocycles. The fourth-order valence-corrected chi connectivity index (χ4v) is 3.85. The molecule has 1 aliphatic heterocycles. The van der Waals surface area contributed by atoms with E-state index < -0.39 is 42.9 Å². The molecule has 3 rings (SSSR count). The molecule has 10 heteroatoms. The molecule has 2 heterocycles. The minimum Gasteiger partial charge on any atom is -0.504 e. The average molecular weight is 495 g/mol.